The summed E-state index contributed by atoms with van der Waals surface area (Å²) < 4.78 is 0. The molecular weight excluding hydrogens is 174 g/mol. The molecule has 2 nitrogen and oxygen atoms in total. The van der Waals surface area contributed by atoms with Crippen LogP contribution in [0.15, 0.2) is 12.2 Å². The first-order chi connectivity index (χ1) is 6.28. The maximum Gasteiger partial charge on any atom is 0.246 e. The van der Waals surface area contributed by atoms with E-state index in [4.69, 9.17) is 0 Å². The van der Waals surface area contributed by atoms with Crippen molar-refractivity contribution in [2.75, 3.05) is 6.54 Å². The molecule has 0 aromatic rings. The highest BCUT2D eigenvalue weighted by Gasteiger charge is 2.21. The molecule has 0 saturated carbocycles. The summed E-state index contributed by atoms with van der Waals surface area (Å²) in [7, 11) is 0. The fraction of sp³-hybridized carbons (Fsp3) is 0.750. The summed E-state index contributed by atoms with van der Waals surface area (Å²) in [5.41, 5.74) is 0.154. The predicted molar refractivity (Wildman–Crippen MR) is 61.1 cm³/mol. The molecule has 0 bridgehead atoms. The van der Waals surface area contributed by atoms with Crippen molar-refractivity contribution in [1.29, 1.82) is 0 Å². The van der Waals surface area contributed by atoms with E-state index in [2.05, 4.69) is 20.8 Å². The van der Waals surface area contributed by atoms with Crippen molar-refractivity contribution in [3.8, 4) is 0 Å². The number of carbonyl (C=O) groups is 1. The van der Waals surface area contributed by atoms with Crippen molar-refractivity contribution in [1.82, 2.24) is 4.90 Å². The van der Waals surface area contributed by atoms with Gasteiger partial charge in [0, 0.05) is 12.6 Å². The molecule has 0 aromatic heterocycles. The van der Waals surface area contributed by atoms with Crippen LogP contribution >= 0.6 is 0 Å². The molecule has 2 heteroatoms. The van der Waals surface area contributed by atoms with Gasteiger partial charge >= 0.3 is 0 Å². The van der Waals surface area contributed by atoms with E-state index < -0.39 is 0 Å². The van der Waals surface area contributed by atoms with Crippen LogP contribution in [0.5, 0.6) is 0 Å². The third kappa shape index (κ3) is 5.05. The molecule has 0 aliphatic carbocycles. The molecule has 0 rings (SSSR count). The van der Waals surface area contributed by atoms with Gasteiger partial charge in [0.2, 0.25) is 5.91 Å². The van der Waals surface area contributed by atoms with E-state index in [9.17, 15) is 4.79 Å². The number of nitrogens with zero attached hydrogens (tertiary/aromatic N) is 1. The molecule has 0 spiro atoms. The first-order valence-electron chi connectivity index (χ1n) is 5.21. The van der Waals surface area contributed by atoms with Gasteiger partial charge in [-0.25, -0.2) is 0 Å². The summed E-state index contributed by atoms with van der Waals surface area (Å²) >= 11 is 0. The van der Waals surface area contributed by atoms with Gasteiger partial charge in [-0.2, -0.15) is 0 Å². The molecule has 0 aliphatic rings. The molecule has 0 fully saturated rings. The van der Waals surface area contributed by atoms with Gasteiger partial charge in [0.1, 0.15) is 0 Å². The highest BCUT2D eigenvalue weighted by atomic mass is 16.2. The van der Waals surface area contributed by atoms with Crippen LogP contribution in [0.2, 0.25) is 0 Å². The second-order valence-corrected chi connectivity index (χ2v) is 5.12. The third-order valence-corrected chi connectivity index (χ3v) is 1.86. The van der Waals surface area contributed by atoms with Gasteiger partial charge in [-0.15, -0.1) is 0 Å². The molecule has 1 amide bonds. The van der Waals surface area contributed by atoms with E-state index in [1.165, 1.54) is 0 Å². The van der Waals surface area contributed by atoms with E-state index in [1.54, 1.807) is 12.2 Å². The van der Waals surface area contributed by atoms with Gasteiger partial charge in [0.25, 0.3) is 0 Å². The summed E-state index contributed by atoms with van der Waals surface area (Å²) in [5, 5.41) is 0. The Hall–Kier alpha value is -0.790. The monoisotopic (exact) mass is 197 g/mol. The van der Waals surface area contributed by atoms with E-state index in [-0.39, 0.29) is 17.4 Å². The highest BCUT2D eigenvalue weighted by molar-refractivity contribution is 5.87. The van der Waals surface area contributed by atoms with E-state index in [0.717, 1.165) is 6.54 Å². The van der Waals surface area contributed by atoms with Crippen molar-refractivity contribution in [2.45, 2.75) is 47.6 Å². The van der Waals surface area contributed by atoms with Crippen LogP contribution in [0.1, 0.15) is 41.5 Å². The Bertz CT molecular complexity index is 211. The molecule has 0 atom stereocenters. The number of allylic oxidation sites excluding steroid dienone is 1. The number of hydrogen-bond acceptors (Lipinski definition) is 1. The molecule has 0 unspecified atom stereocenters. The fourth-order valence-electron chi connectivity index (χ4n) is 1.26. The lowest BCUT2D eigenvalue weighted by molar-refractivity contribution is -0.129. The van der Waals surface area contributed by atoms with Gasteiger partial charge in [0.15, 0.2) is 0 Å². The minimum atomic E-state index is 0.109. The summed E-state index contributed by atoms with van der Waals surface area (Å²) in [6, 6.07) is 0.262. The predicted octanol–water partition coefficient (Wildman–Crippen LogP) is 2.85. The Balaban J connectivity index is 4.53. The molecular formula is C12H23NO. The van der Waals surface area contributed by atoms with Crippen molar-refractivity contribution < 1.29 is 4.79 Å². The molecule has 0 heterocycles. The van der Waals surface area contributed by atoms with E-state index >= 15 is 0 Å². The molecule has 0 aromatic carbocycles. The Morgan fingerprint density at radius 1 is 1.36 bits per heavy atom. The second kappa shape index (κ2) is 5.18. The summed E-state index contributed by atoms with van der Waals surface area (Å²) in [4.78, 5) is 13.6. The first kappa shape index (κ1) is 13.2. The van der Waals surface area contributed by atoms with Gasteiger partial charge in [-0.05, 0) is 32.3 Å². The van der Waals surface area contributed by atoms with Gasteiger partial charge in [-0.3, -0.25) is 4.79 Å². The average molecular weight is 197 g/mol. The van der Waals surface area contributed by atoms with E-state index in [1.807, 2.05) is 25.7 Å². The molecule has 0 radical (unpaired) electrons. The van der Waals surface area contributed by atoms with Crippen LogP contribution in [0.25, 0.3) is 0 Å². The van der Waals surface area contributed by atoms with Crippen molar-refractivity contribution in [3.05, 3.63) is 12.2 Å². The maximum absolute atomic E-state index is 11.7. The third-order valence-electron chi connectivity index (χ3n) is 1.86. The number of amides is 1. The zero-order valence-electron chi connectivity index (χ0n) is 10.3. The van der Waals surface area contributed by atoms with Crippen LogP contribution in [-0.2, 0) is 4.79 Å². The van der Waals surface area contributed by atoms with Gasteiger partial charge in [0.05, 0.1) is 0 Å². The SMILES string of the molecule is C/C=C\C(=O)N(CC(C)(C)C)C(C)C. The molecule has 0 saturated heterocycles. The zero-order chi connectivity index (χ0) is 11.4. The normalized spacial score (nSPS) is 12.5. The topological polar surface area (TPSA) is 20.3 Å². The maximum atomic E-state index is 11.7. The Morgan fingerprint density at radius 3 is 2.14 bits per heavy atom. The van der Waals surface area contributed by atoms with Gasteiger partial charge in [-0.1, -0.05) is 26.8 Å². The van der Waals surface area contributed by atoms with E-state index in [0.29, 0.717) is 0 Å². The van der Waals surface area contributed by atoms with Crippen molar-refractivity contribution in [3.63, 3.8) is 0 Å². The lowest BCUT2D eigenvalue weighted by Gasteiger charge is -2.32. The summed E-state index contributed by atoms with van der Waals surface area (Å²) in [6.45, 7) is 13.2. The molecule has 82 valence electrons. The molecule has 0 N–H and O–H groups in total. The number of carbonyl (C=O) groups excluding carboxylic acids is 1. The number of hydrogen-bond donors (Lipinski definition) is 0. The lowest BCUT2D eigenvalue weighted by Crippen LogP contribution is -2.41. The quantitative estimate of drug-likeness (QED) is 0.637. The Morgan fingerprint density at radius 2 is 1.86 bits per heavy atom. The van der Waals surface area contributed by atoms with Crippen LogP contribution < -0.4 is 0 Å². The van der Waals surface area contributed by atoms with Crippen molar-refractivity contribution >= 4 is 5.91 Å². The van der Waals surface area contributed by atoms with Crippen LogP contribution in [0.4, 0.5) is 0 Å². The average Bonchev–Trinajstić information content (AvgIpc) is 1.98. The molecule has 14 heavy (non-hydrogen) atoms. The van der Waals surface area contributed by atoms with Crippen LogP contribution in [0.3, 0.4) is 0 Å². The molecule has 0 aliphatic heterocycles. The van der Waals surface area contributed by atoms with Crippen LogP contribution in [-0.4, -0.2) is 23.4 Å². The zero-order valence-corrected chi connectivity index (χ0v) is 10.3. The van der Waals surface area contributed by atoms with Crippen LogP contribution in [0, 0.1) is 5.41 Å². The Labute approximate surface area is 88.0 Å². The Kier molecular flexibility index (Phi) is 4.89. The van der Waals surface area contributed by atoms with Gasteiger partial charge < -0.3 is 4.90 Å². The first-order valence-corrected chi connectivity index (χ1v) is 5.21. The summed E-state index contributed by atoms with van der Waals surface area (Å²) in [5.74, 6) is 0.109. The smallest absolute Gasteiger partial charge is 0.246 e. The number of rotatable bonds is 3. The standard InChI is InChI=1S/C12H23NO/c1-7-8-11(14)13(10(2)3)9-12(4,5)6/h7-8,10H,9H2,1-6H3/b8-7-. The highest BCUT2D eigenvalue weighted by Crippen LogP contribution is 2.17. The summed E-state index contributed by atoms with van der Waals surface area (Å²) in [6.07, 6.45) is 3.42. The minimum Gasteiger partial charge on any atom is -0.336 e. The largest absolute Gasteiger partial charge is 0.336 e. The minimum absolute atomic E-state index is 0.109. The second-order valence-electron chi connectivity index (χ2n) is 5.12. The fourth-order valence-corrected chi connectivity index (χ4v) is 1.26. The van der Waals surface area contributed by atoms with Crippen molar-refractivity contribution in [2.24, 2.45) is 5.41 Å². The lowest BCUT2D eigenvalue weighted by atomic mass is 9.95.